The summed E-state index contributed by atoms with van der Waals surface area (Å²) < 4.78 is 21.7. The van der Waals surface area contributed by atoms with E-state index in [2.05, 4.69) is 0 Å². The first kappa shape index (κ1) is 18.2. The molecule has 0 aromatic carbocycles. The fourth-order valence-corrected chi connectivity index (χ4v) is 4.38. The van der Waals surface area contributed by atoms with Crippen molar-refractivity contribution in [2.75, 3.05) is 13.2 Å². The van der Waals surface area contributed by atoms with Crippen LogP contribution in [-0.2, 0) is 28.5 Å². The number of esters is 2. The molecule has 6 nitrogen and oxygen atoms in total. The van der Waals surface area contributed by atoms with E-state index < -0.39 is 0 Å². The standard InChI is InChI=1S/C20H30O6/c21-19(23-11-13-5-7-15-17(9-13)25-15)3-1-2-4-20(22)24-12-14-6-8-16-18(10-14)26-16/h13-18H,1-12H2/t13-,14-,15+,16+,17-,18+/m1/s1. The van der Waals surface area contributed by atoms with Gasteiger partial charge in [-0.2, -0.15) is 0 Å². The Balaban J connectivity index is 0.992. The number of fused-ring (bicyclic) bond motifs is 2. The molecule has 6 atom stereocenters. The van der Waals surface area contributed by atoms with Crippen LogP contribution in [0.15, 0.2) is 0 Å². The Kier molecular flexibility index (Phi) is 5.79. The average Bonchev–Trinajstić information content (AvgIpc) is 3.55. The Morgan fingerprint density at radius 1 is 0.692 bits per heavy atom. The van der Waals surface area contributed by atoms with Gasteiger partial charge < -0.3 is 18.9 Å². The average molecular weight is 366 g/mol. The molecular weight excluding hydrogens is 336 g/mol. The highest BCUT2D eigenvalue weighted by Gasteiger charge is 2.44. The fourth-order valence-electron chi connectivity index (χ4n) is 4.38. The van der Waals surface area contributed by atoms with Crippen molar-refractivity contribution < 1.29 is 28.5 Å². The summed E-state index contributed by atoms with van der Waals surface area (Å²) in [6, 6.07) is 0. The molecule has 2 aliphatic carbocycles. The van der Waals surface area contributed by atoms with Gasteiger partial charge in [-0.05, 0) is 63.2 Å². The van der Waals surface area contributed by atoms with E-state index in [1.54, 1.807) is 0 Å². The molecular formula is C20H30O6. The molecule has 4 aliphatic rings. The van der Waals surface area contributed by atoms with Gasteiger partial charge in [-0.15, -0.1) is 0 Å². The zero-order valence-electron chi connectivity index (χ0n) is 15.4. The van der Waals surface area contributed by atoms with Crippen LogP contribution < -0.4 is 0 Å². The van der Waals surface area contributed by atoms with Crippen molar-refractivity contribution in [3.63, 3.8) is 0 Å². The van der Waals surface area contributed by atoms with Gasteiger partial charge >= 0.3 is 11.9 Å². The Morgan fingerprint density at radius 3 is 1.58 bits per heavy atom. The van der Waals surface area contributed by atoms with Crippen LogP contribution in [0.25, 0.3) is 0 Å². The van der Waals surface area contributed by atoms with Crippen molar-refractivity contribution in [2.24, 2.45) is 11.8 Å². The highest BCUT2D eigenvalue weighted by Crippen LogP contribution is 2.40. The lowest BCUT2D eigenvalue weighted by atomic mass is 9.90. The minimum atomic E-state index is -0.154. The van der Waals surface area contributed by atoms with E-state index >= 15 is 0 Å². The third-order valence-electron chi connectivity index (χ3n) is 6.20. The molecule has 2 saturated heterocycles. The quantitative estimate of drug-likeness (QED) is 0.355. The van der Waals surface area contributed by atoms with E-state index in [0.717, 1.165) is 38.5 Å². The minimum Gasteiger partial charge on any atom is -0.465 e. The van der Waals surface area contributed by atoms with E-state index in [1.807, 2.05) is 0 Å². The van der Waals surface area contributed by atoms with Crippen molar-refractivity contribution in [1.82, 2.24) is 0 Å². The predicted molar refractivity (Wildman–Crippen MR) is 92.4 cm³/mol. The molecule has 0 bridgehead atoms. The molecule has 26 heavy (non-hydrogen) atoms. The lowest BCUT2D eigenvalue weighted by Gasteiger charge is -2.18. The first-order chi connectivity index (χ1) is 12.7. The van der Waals surface area contributed by atoms with E-state index in [-0.39, 0.29) is 11.9 Å². The lowest BCUT2D eigenvalue weighted by Crippen LogP contribution is -2.20. The predicted octanol–water partition coefficient (Wildman–Crippen LogP) is 2.77. The summed E-state index contributed by atoms with van der Waals surface area (Å²) in [4.78, 5) is 23.6. The second-order valence-corrected chi connectivity index (χ2v) is 8.36. The van der Waals surface area contributed by atoms with E-state index in [9.17, 15) is 9.59 Å². The number of carbonyl (C=O) groups is 2. The maximum absolute atomic E-state index is 11.8. The second-order valence-electron chi connectivity index (χ2n) is 8.36. The van der Waals surface area contributed by atoms with Crippen molar-refractivity contribution in [2.45, 2.75) is 88.6 Å². The van der Waals surface area contributed by atoms with Crippen LogP contribution >= 0.6 is 0 Å². The summed E-state index contributed by atoms with van der Waals surface area (Å²) in [5.74, 6) is 0.597. The molecule has 2 heterocycles. The molecule has 0 unspecified atom stereocenters. The molecule has 2 saturated carbocycles. The largest absolute Gasteiger partial charge is 0.465 e. The van der Waals surface area contributed by atoms with Crippen LogP contribution in [0.3, 0.4) is 0 Å². The summed E-state index contributed by atoms with van der Waals surface area (Å²) >= 11 is 0. The van der Waals surface area contributed by atoms with Gasteiger partial charge in [0, 0.05) is 12.8 Å². The van der Waals surface area contributed by atoms with Gasteiger partial charge in [-0.1, -0.05) is 0 Å². The molecule has 4 rings (SSSR count). The Hall–Kier alpha value is -1.14. The first-order valence-electron chi connectivity index (χ1n) is 10.3. The molecule has 2 aliphatic heterocycles. The molecule has 0 amide bonds. The number of hydrogen-bond donors (Lipinski definition) is 0. The monoisotopic (exact) mass is 366 g/mol. The highest BCUT2D eigenvalue weighted by molar-refractivity contribution is 5.70. The summed E-state index contributed by atoms with van der Waals surface area (Å²) in [6.07, 6.45) is 10.4. The van der Waals surface area contributed by atoms with Crippen molar-refractivity contribution >= 4 is 11.9 Å². The summed E-state index contributed by atoms with van der Waals surface area (Å²) in [5, 5.41) is 0. The summed E-state index contributed by atoms with van der Waals surface area (Å²) in [5.41, 5.74) is 0. The van der Waals surface area contributed by atoms with Crippen molar-refractivity contribution in [3.05, 3.63) is 0 Å². The second kappa shape index (κ2) is 8.26. The van der Waals surface area contributed by atoms with Gasteiger partial charge in [-0.25, -0.2) is 0 Å². The van der Waals surface area contributed by atoms with Gasteiger partial charge in [0.15, 0.2) is 0 Å². The molecule has 146 valence electrons. The van der Waals surface area contributed by atoms with Gasteiger partial charge in [0.05, 0.1) is 37.6 Å². The zero-order chi connectivity index (χ0) is 17.9. The normalized spacial score (nSPS) is 37.2. The molecule has 0 radical (unpaired) electrons. The Morgan fingerprint density at radius 2 is 1.15 bits per heavy atom. The molecule has 0 aromatic rings. The molecule has 6 heteroatoms. The maximum atomic E-state index is 11.8. The number of epoxide rings is 2. The van der Waals surface area contributed by atoms with Crippen LogP contribution in [-0.4, -0.2) is 49.6 Å². The van der Waals surface area contributed by atoms with Crippen molar-refractivity contribution in [3.8, 4) is 0 Å². The number of carbonyl (C=O) groups excluding carboxylic acids is 2. The number of rotatable bonds is 9. The van der Waals surface area contributed by atoms with E-state index in [0.29, 0.717) is 75.1 Å². The smallest absolute Gasteiger partial charge is 0.305 e. The van der Waals surface area contributed by atoms with E-state index in [1.165, 1.54) is 0 Å². The number of unbranched alkanes of at least 4 members (excludes halogenated alkanes) is 1. The number of ether oxygens (including phenoxy) is 4. The topological polar surface area (TPSA) is 77.7 Å². The van der Waals surface area contributed by atoms with Crippen LogP contribution in [0.5, 0.6) is 0 Å². The van der Waals surface area contributed by atoms with Crippen LogP contribution in [0.1, 0.15) is 64.2 Å². The molecule has 0 spiro atoms. The molecule has 0 N–H and O–H groups in total. The third kappa shape index (κ3) is 5.19. The van der Waals surface area contributed by atoms with Crippen LogP contribution in [0, 0.1) is 11.8 Å². The highest BCUT2D eigenvalue weighted by atomic mass is 16.6. The minimum absolute atomic E-state index is 0.154. The first-order valence-corrected chi connectivity index (χ1v) is 10.3. The van der Waals surface area contributed by atoms with Crippen LogP contribution in [0.4, 0.5) is 0 Å². The Bertz CT molecular complexity index is 474. The van der Waals surface area contributed by atoms with Gasteiger partial charge in [0.2, 0.25) is 0 Å². The number of hydrogen-bond acceptors (Lipinski definition) is 6. The van der Waals surface area contributed by atoms with E-state index in [4.69, 9.17) is 18.9 Å². The summed E-state index contributed by atoms with van der Waals surface area (Å²) in [7, 11) is 0. The Labute approximate surface area is 154 Å². The summed E-state index contributed by atoms with van der Waals surface area (Å²) in [6.45, 7) is 1.03. The maximum Gasteiger partial charge on any atom is 0.305 e. The van der Waals surface area contributed by atoms with Crippen LogP contribution in [0.2, 0.25) is 0 Å². The lowest BCUT2D eigenvalue weighted by molar-refractivity contribution is -0.147. The molecule has 4 fully saturated rings. The van der Waals surface area contributed by atoms with Gasteiger partial charge in [-0.3, -0.25) is 9.59 Å². The fraction of sp³-hybridized carbons (Fsp3) is 0.900. The van der Waals surface area contributed by atoms with Gasteiger partial charge in [0.25, 0.3) is 0 Å². The SMILES string of the molecule is O=C(CCCCC(=O)OC[C@@H]1CC[C@@H]2O[C@@H]2C1)OC[C@@H]1CC[C@@H]2O[C@H]2C1. The molecule has 0 aromatic heterocycles. The third-order valence-corrected chi connectivity index (χ3v) is 6.20. The zero-order valence-corrected chi connectivity index (χ0v) is 15.4. The van der Waals surface area contributed by atoms with Crippen molar-refractivity contribution in [1.29, 1.82) is 0 Å². The van der Waals surface area contributed by atoms with Gasteiger partial charge in [0.1, 0.15) is 0 Å².